The number of fused-ring (bicyclic) bond motifs is 3. The number of alkyl halides is 3. The summed E-state index contributed by atoms with van der Waals surface area (Å²) in [5.41, 5.74) is 1.65. The van der Waals surface area contributed by atoms with Crippen LogP contribution in [0.15, 0.2) is 30.9 Å². The van der Waals surface area contributed by atoms with Crippen molar-refractivity contribution in [1.82, 2.24) is 20.3 Å². The number of halogens is 3. The van der Waals surface area contributed by atoms with Crippen LogP contribution < -0.4 is 10.2 Å². The fraction of sp³-hybridized carbons (Fsp3) is 0.353. The summed E-state index contributed by atoms with van der Waals surface area (Å²) in [4.78, 5) is 25.3. The molecule has 4 rings (SSSR count). The van der Waals surface area contributed by atoms with Crippen LogP contribution in [0.1, 0.15) is 12.8 Å². The van der Waals surface area contributed by atoms with Crippen molar-refractivity contribution in [2.24, 2.45) is 0 Å². The van der Waals surface area contributed by atoms with Gasteiger partial charge in [-0.2, -0.15) is 13.2 Å². The molecule has 136 valence electrons. The van der Waals surface area contributed by atoms with E-state index in [1.54, 1.807) is 18.6 Å². The number of aromatic nitrogens is 3. The summed E-state index contributed by atoms with van der Waals surface area (Å²) in [5.74, 6) is -0.988. The van der Waals surface area contributed by atoms with Crippen LogP contribution >= 0.6 is 0 Å². The molecule has 3 aromatic rings. The molecule has 0 radical (unpaired) electrons. The summed E-state index contributed by atoms with van der Waals surface area (Å²) >= 11 is 0. The van der Waals surface area contributed by atoms with Gasteiger partial charge in [0.2, 0.25) is 5.91 Å². The molecule has 1 fully saturated rings. The minimum atomic E-state index is -4.49. The number of pyridine rings is 2. The first-order valence-corrected chi connectivity index (χ1v) is 8.21. The topological polar surface area (TPSA) is 73.9 Å². The Balaban J connectivity index is 1.58. The van der Waals surface area contributed by atoms with Crippen LogP contribution in [0.4, 0.5) is 18.9 Å². The molecule has 0 bridgehead atoms. The number of carbonyl (C=O) groups is 1. The quantitative estimate of drug-likeness (QED) is 0.751. The Morgan fingerprint density at radius 1 is 1.35 bits per heavy atom. The minimum Gasteiger partial charge on any atom is -0.368 e. The average molecular weight is 363 g/mol. The van der Waals surface area contributed by atoms with E-state index in [4.69, 9.17) is 0 Å². The Bertz CT molecular complexity index is 968. The van der Waals surface area contributed by atoms with Crippen LogP contribution in [-0.4, -0.2) is 46.2 Å². The van der Waals surface area contributed by atoms with Gasteiger partial charge in [-0.15, -0.1) is 0 Å². The van der Waals surface area contributed by atoms with Crippen molar-refractivity contribution in [1.29, 1.82) is 0 Å². The zero-order valence-electron chi connectivity index (χ0n) is 13.7. The van der Waals surface area contributed by atoms with Crippen molar-refractivity contribution in [2.75, 3.05) is 18.0 Å². The third-order valence-corrected chi connectivity index (χ3v) is 4.54. The number of amides is 1. The van der Waals surface area contributed by atoms with Crippen LogP contribution in [0.25, 0.3) is 21.8 Å². The zero-order chi connectivity index (χ0) is 18.3. The molecule has 2 N–H and O–H groups in total. The van der Waals surface area contributed by atoms with Crippen molar-refractivity contribution >= 4 is 33.4 Å². The normalized spacial score (nSPS) is 18.0. The molecule has 1 atom stereocenters. The second-order valence-electron chi connectivity index (χ2n) is 6.41. The first kappa shape index (κ1) is 16.6. The molecule has 26 heavy (non-hydrogen) atoms. The molecule has 0 aliphatic carbocycles. The Morgan fingerprint density at radius 3 is 3.00 bits per heavy atom. The van der Waals surface area contributed by atoms with Gasteiger partial charge in [0, 0.05) is 53.9 Å². The summed E-state index contributed by atoms with van der Waals surface area (Å²) in [5, 5.41) is 5.32. The maximum atomic E-state index is 12.3. The summed E-state index contributed by atoms with van der Waals surface area (Å²) < 4.78 is 37.0. The van der Waals surface area contributed by atoms with Crippen LogP contribution in [0.2, 0.25) is 0 Å². The summed E-state index contributed by atoms with van der Waals surface area (Å²) in [7, 11) is 0. The molecule has 0 saturated carbocycles. The molecule has 0 spiro atoms. The molecular formula is C17H16F3N5O. The Kier molecular flexibility index (Phi) is 3.93. The molecule has 0 aromatic carbocycles. The summed E-state index contributed by atoms with van der Waals surface area (Å²) in [6.45, 7) is 1.07. The van der Waals surface area contributed by atoms with E-state index in [2.05, 4.69) is 20.3 Å². The summed E-state index contributed by atoms with van der Waals surface area (Å²) in [6.07, 6.45) is 1.67. The monoisotopic (exact) mass is 363 g/mol. The molecule has 1 amide bonds. The summed E-state index contributed by atoms with van der Waals surface area (Å²) in [6, 6.07) is 1.62. The molecule has 4 heterocycles. The maximum absolute atomic E-state index is 12.3. The van der Waals surface area contributed by atoms with Crippen molar-refractivity contribution in [3.63, 3.8) is 0 Å². The van der Waals surface area contributed by atoms with Crippen LogP contribution in [0, 0.1) is 0 Å². The lowest BCUT2D eigenvalue weighted by atomic mass is 10.1. The molecule has 1 unspecified atom stereocenters. The van der Waals surface area contributed by atoms with Gasteiger partial charge in [0.15, 0.2) is 0 Å². The fourth-order valence-corrected chi connectivity index (χ4v) is 3.46. The third kappa shape index (κ3) is 3.16. The number of nitrogens with zero attached hydrogens (tertiary/aromatic N) is 3. The lowest BCUT2D eigenvalue weighted by molar-refractivity contribution is -0.154. The first-order chi connectivity index (χ1) is 12.4. The second kappa shape index (κ2) is 6.15. The van der Waals surface area contributed by atoms with Gasteiger partial charge in [-0.1, -0.05) is 0 Å². The lowest BCUT2D eigenvalue weighted by Crippen LogP contribution is -2.39. The van der Waals surface area contributed by atoms with E-state index in [9.17, 15) is 18.0 Å². The SMILES string of the molecule is O=C(CC(F)(F)F)NC1CCN(c2cncc3cnc4[nH]ccc4c23)C1. The van der Waals surface area contributed by atoms with Gasteiger partial charge in [0.1, 0.15) is 12.1 Å². The number of H-pyrrole nitrogens is 1. The zero-order valence-corrected chi connectivity index (χ0v) is 13.7. The second-order valence-corrected chi connectivity index (χ2v) is 6.41. The Labute approximate surface area is 146 Å². The van der Waals surface area contributed by atoms with Gasteiger partial charge >= 0.3 is 6.18 Å². The Hall–Kier alpha value is -2.84. The largest absolute Gasteiger partial charge is 0.397 e. The van der Waals surface area contributed by atoms with E-state index in [1.807, 2.05) is 17.2 Å². The number of rotatable bonds is 3. The fourth-order valence-electron chi connectivity index (χ4n) is 3.46. The molecule has 9 heteroatoms. The lowest BCUT2D eigenvalue weighted by Gasteiger charge is -2.21. The number of anilines is 1. The first-order valence-electron chi connectivity index (χ1n) is 8.21. The van der Waals surface area contributed by atoms with E-state index >= 15 is 0 Å². The van der Waals surface area contributed by atoms with E-state index in [0.29, 0.717) is 19.5 Å². The highest BCUT2D eigenvalue weighted by Crippen LogP contribution is 2.33. The number of carbonyl (C=O) groups excluding carboxylic acids is 1. The van der Waals surface area contributed by atoms with Crippen molar-refractivity contribution in [3.8, 4) is 0 Å². The molecule has 3 aromatic heterocycles. The van der Waals surface area contributed by atoms with Crippen molar-refractivity contribution in [3.05, 3.63) is 30.9 Å². The molecule has 1 saturated heterocycles. The molecule has 1 aliphatic rings. The molecular weight excluding hydrogens is 347 g/mol. The van der Waals surface area contributed by atoms with Crippen LogP contribution in [0.5, 0.6) is 0 Å². The van der Waals surface area contributed by atoms with Crippen molar-refractivity contribution in [2.45, 2.75) is 25.1 Å². The Morgan fingerprint density at radius 2 is 2.19 bits per heavy atom. The maximum Gasteiger partial charge on any atom is 0.397 e. The van der Waals surface area contributed by atoms with Gasteiger partial charge in [-0.05, 0) is 12.5 Å². The van der Waals surface area contributed by atoms with Gasteiger partial charge < -0.3 is 15.2 Å². The minimum absolute atomic E-state index is 0.316. The van der Waals surface area contributed by atoms with Gasteiger partial charge in [-0.25, -0.2) is 4.98 Å². The van der Waals surface area contributed by atoms with Gasteiger partial charge in [0.25, 0.3) is 0 Å². The highest BCUT2D eigenvalue weighted by Gasteiger charge is 2.33. The average Bonchev–Trinajstić information content (AvgIpc) is 3.21. The number of nitrogens with one attached hydrogen (secondary N) is 2. The van der Waals surface area contributed by atoms with Gasteiger partial charge in [-0.3, -0.25) is 9.78 Å². The standard InChI is InChI=1S/C17H16F3N5O/c18-17(19,20)5-14(26)24-11-2-4-25(9-11)13-8-21-6-10-7-23-16-12(15(10)13)1-3-22-16/h1,3,6-8,11H,2,4-5,9H2,(H,22,23)(H,24,26). The predicted molar refractivity (Wildman–Crippen MR) is 90.8 cm³/mol. The van der Waals surface area contributed by atoms with Crippen LogP contribution in [-0.2, 0) is 4.79 Å². The highest BCUT2D eigenvalue weighted by atomic mass is 19.4. The number of aromatic amines is 1. The van der Waals surface area contributed by atoms with E-state index in [1.165, 1.54) is 0 Å². The van der Waals surface area contributed by atoms with Gasteiger partial charge in [0.05, 0.1) is 11.9 Å². The number of hydrogen-bond donors (Lipinski definition) is 2. The molecule has 1 aliphatic heterocycles. The smallest absolute Gasteiger partial charge is 0.368 e. The van der Waals surface area contributed by atoms with E-state index in [0.717, 1.165) is 27.5 Å². The third-order valence-electron chi connectivity index (χ3n) is 4.54. The highest BCUT2D eigenvalue weighted by molar-refractivity contribution is 6.11. The number of hydrogen-bond acceptors (Lipinski definition) is 4. The van der Waals surface area contributed by atoms with E-state index in [-0.39, 0.29) is 6.04 Å². The molecule has 6 nitrogen and oxygen atoms in total. The van der Waals surface area contributed by atoms with E-state index < -0.39 is 18.5 Å². The van der Waals surface area contributed by atoms with Crippen molar-refractivity contribution < 1.29 is 18.0 Å². The van der Waals surface area contributed by atoms with Crippen LogP contribution in [0.3, 0.4) is 0 Å². The predicted octanol–water partition coefficient (Wildman–Crippen LogP) is 2.76.